The number of carbonyl (C=O) groups is 1. The molecule has 0 amide bonds. The molecule has 0 saturated carbocycles. The molecule has 1 N–H and O–H groups in total. The number of rotatable bonds is 12. The van der Waals surface area contributed by atoms with Crippen LogP contribution in [0, 0.1) is 5.92 Å². The summed E-state index contributed by atoms with van der Waals surface area (Å²) < 4.78 is 17.6. The molecule has 0 bridgehead atoms. The van der Waals surface area contributed by atoms with Gasteiger partial charge in [0.1, 0.15) is 11.5 Å². The summed E-state index contributed by atoms with van der Waals surface area (Å²) in [5.41, 5.74) is 0. The van der Waals surface area contributed by atoms with E-state index in [2.05, 4.69) is 20.4 Å². The van der Waals surface area contributed by atoms with Crippen molar-refractivity contribution in [3.05, 3.63) is 73.3 Å². The first-order chi connectivity index (χ1) is 14.0. The fourth-order valence-electron chi connectivity index (χ4n) is 2.18. The molecule has 0 saturated heterocycles. The van der Waals surface area contributed by atoms with Crippen molar-refractivity contribution in [3.63, 3.8) is 0 Å². The molecule has 0 aliphatic carbocycles. The SMILES string of the molecule is C=CC(=O)O.CC(C)CCCCCOP(Oc1ccccc1)Oc1ccccc1. The topological polar surface area (TPSA) is 65.0 Å². The van der Waals surface area contributed by atoms with Gasteiger partial charge in [0, 0.05) is 6.08 Å². The molecular formula is C23H31O5P. The summed E-state index contributed by atoms with van der Waals surface area (Å²) >= 11 is 0. The second kappa shape index (κ2) is 15.5. The number of hydrogen-bond donors (Lipinski definition) is 1. The predicted octanol–water partition coefficient (Wildman–Crippen LogP) is 6.86. The van der Waals surface area contributed by atoms with Crippen molar-refractivity contribution in [1.29, 1.82) is 0 Å². The molecule has 0 fully saturated rings. The Hall–Kier alpha value is -2.36. The lowest BCUT2D eigenvalue weighted by Crippen LogP contribution is -2.01. The van der Waals surface area contributed by atoms with Crippen molar-refractivity contribution in [2.75, 3.05) is 6.61 Å². The molecule has 0 unspecified atom stereocenters. The van der Waals surface area contributed by atoms with Crippen LogP contribution in [0.5, 0.6) is 11.5 Å². The zero-order valence-corrected chi connectivity index (χ0v) is 18.1. The number of para-hydroxylation sites is 2. The minimum Gasteiger partial charge on any atom is -0.478 e. The quantitative estimate of drug-likeness (QED) is 0.232. The van der Waals surface area contributed by atoms with E-state index in [9.17, 15) is 4.79 Å². The van der Waals surface area contributed by atoms with Gasteiger partial charge < -0.3 is 14.2 Å². The van der Waals surface area contributed by atoms with Gasteiger partial charge in [-0.15, -0.1) is 0 Å². The lowest BCUT2D eigenvalue weighted by Gasteiger charge is -2.17. The Bertz CT molecular complexity index is 635. The normalized spacial score (nSPS) is 10.2. The van der Waals surface area contributed by atoms with Gasteiger partial charge >= 0.3 is 14.6 Å². The van der Waals surface area contributed by atoms with E-state index in [0.717, 1.165) is 29.9 Å². The first-order valence-electron chi connectivity index (χ1n) is 9.75. The number of aliphatic carboxylic acids is 1. The first-order valence-corrected chi connectivity index (χ1v) is 10.8. The molecule has 5 nitrogen and oxygen atoms in total. The average Bonchev–Trinajstić information content (AvgIpc) is 2.72. The predicted molar refractivity (Wildman–Crippen MR) is 118 cm³/mol. The van der Waals surface area contributed by atoms with Gasteiger partial charge in [-0.2, -0.15) is 0 Å². The summed E-state index contributed by atoms with van der Waals surface area (Å²) in [6, 6.07) is 19.3. The minimum absolute atomic E-state index is 0.656. The van der Waals surface area contributed by atoms with Crippen LogP contribution in [0.4, 0.5) is 0 Å². The molecule has 0 aliphatic rings. The maximum Gasteiger partial charge on any atom is 0.463 e. The highest BCUT2D eigenvalue weighted by atomic mass is 31.2. The van der Waals surface area contributed by atoms with E-state index in [0.29, 0.717) is 6.61 Å². The Morgan fingerprint density at radius 2 is 1.45 bits per heavy atom. The highest BCUT2D eigenvalue weighted by Crippen LogP contribution is 2.41. The van der Waals surface area contributed by atoms with Gasteiger partial charge in [0.2, 0.25) is 0 Å². The Balaban J connectivity index is 0.000000749. The third kappa shape index (κ3) is 13.4. The maximum absolute atomic E-state index is 9.25. The minimum atomic E-state index is -1.45. The van der Waals surface area contributed by atoms with E-state index in [1.807, 2.05) is 60.7 Å². The summed E-state index contributed by atoms with van der Waals surface area (Å²) in [6.07, 6.45) is 5.56. The Kier molecular flexibility index (Phi) is 13.2. The van der Waals surface area contributed by atoms with Crippen molar-refractivity contribution >= 4 is 14.6 Å². The molecule has 0 aromatic heterocycles. The van der Waals surface area contributed by atoms with E-state index < -0.39 is 14.6 Å². The lowest BCUT2D eigenvalue weighted by molar-refractivity contribution is -0.131. The van der Waals surface area contributed by atoms with Crippen LogP contribution < -0.4 is 9.05 Å². The average molecular weight is 418 g/mol. The monoisotopic (exact) mass is 418 g/mol. The van der Waals surface area contributed by atoms with Crippen molar-refractivity contribution in [3.8, 4) is 11.5 Å². The van der Waals surface area contributed by atoms with Crippen molar-refractivity contribution in [2.45, 2.75) is 39.5 Å². The van der Waals surface area contributed by atoms with Crippen LogP contribution in [0.15, 0.2) is 73.3 Å². The third-order valence-electron chi connectivity index (χ3n) is 3.64. The molecule has 0 atom stereocenters. The third-order valence-corrected chi connectivity index (χ3v) is 4.76. The molecule has 158 valence electrons. The molecule has 2 aromatic rings. The van der Waals surface area contributed by atoms with Gasteiger partial charge in [0.25, 0.3) is 0 Å². The Morgan fingerprint density at radius 1 is 0.966 bits per heavy atom. The van der Waals surface area contributed by atoms with E-state index in [1.165, 1.54) is 19.3 Å². The van der Waals surface area contributed by atoms with Crippen molar-refractivity contribution in [2.24, 2.45) is 5.92 Å². The van der Waals surface area contributed by atoms with E-state index in [-0.39, 0.29) is 0 Å². The second-order valence-corrected chi connectivity index (χ2v) is 7.72. The first kappa shape index (κ1) is 24.7. The molecule has 0 radical (unpaired) electrons. The highest BCUT2D eigenvalue weighted by Gasteiger charge is 2.16. The van der Waals surface area contributed by atoms with Gasteiger partial charge in [0.05, 0.1) is 6.61 Å². The van der Waals surface area contributed by atoms with Crippen LogP contribution in [-0.2, 0) is 9.32 Å². The number of unbranched alkanes of at least 4 members (excludes halogenated alkanes) is 2. The fraction of sp³-hybridized carbons (Fsp3) is 0.348. The Labute approximate surface area is 175 Å². The molecular weight excluding hydrogens is 387 g/mol. The molecule has 29 heavy (non-hydrogen) atoms. The van der Waals surface area contributed by atoms with Gasteiger partial charge in [-0.25, -0.2) is 4.79 Å². The summed E-state index contributed by atoms with van der Waals surface area (Å²) in [5.74, 6) is 1.31. The van der Waals surface area contributed by atoms with Gasteiger partial charge in [0.15, 0.2) is 0 Å². The van der Waals surface area contributed by atoms with Crippen molar-refractivity contribution < 1.29 is 23.5 Å². The second-order valence-electron chi connectivity index (χ2n) is 6.65. The molecule has 0 spiro atoms. The van der Waals surface area contributed by atoms with Crippen LogP contribution in [-0.4, -0.2) is 17.7 Å². The van der Waals surface area contributed by atoms with Crippen LogP contribution in [0.25, 0.3) is 0 Å². The van der Waals surface area contributed by atoms with E-state index in [1.54, 1.807) is 0 Å². The summed E-state index contributed by atoms with van der Waals surface area (Å²) in [5, 5.41) is 7.60. The largest absolute Gasteiger partial charge is 0.478 e. The summed E-state index contributed by atoms with van der Waals surface area (Å²) in [7, 11) is -1.45. The molecule has 2 aromatic carbocycles. The van der Waals surface area contributed by atoms with E-state index in [4.69, 9.17) is 18.7 Å². The molecule has 2 rings (SSSR count). The van der Waals surface area contributed by atoms with Crippen LogP contribution in [0.3, 0.4) is 0 Å². The molecule has 6 heteroatoms. The van der Waals surface area contributed by atoms with Gasteiger partial charge in [-0.05, 0) is 36.6 Å². The standard InChI is InChI=1S/C20H27O3P.C3H4O2/c1-18(2)12-6-5-11-17-21-24(22-19-13-7-3-8-14-19)23-20-15-9-4-10-16-20;1-2-3(4)5/h3-4,7-10,13-16,18H,5-6,11-12,17H2,1-2H3;2H,1H2,(H,4,5). The highest BCUT2D eigenvalue weighted by molar-refractivity contribution is 7.42. The maximum atomic E-state index is 9.25. The Morgan fingerprint density at radius 3 is 1.86 bits per heavy atom. The lowest BCUT2D eigenvalue weighted by atomic mass is 10.1. The van der Waals surface area contributed by atoms with Crippen LogP contribution >= 0.6 is 8.60 Å². The fourth-order valence-corrected chi connectivity index (χ4v) is 3.19. The summed E-state index contributed by atoms with van der Waals surface area (Å²) in [6.45, 7) is 8.14. The van der Waals surface area contributed by atoms with Crippen LogP contribution in [0.2, 0.25) is 0 Å². The van der Waals surface area contributed by atoms with Crippen molar-refractivity contribution in [1.82, 2.24) is 0 Å². The molecule has 0 heterocycles. The zero-order valence-electron chi connectivity index (χ0n) is 17.2. The zero-order chi connectivity index (χ0) is 21.3. The number of hydrogen-bond acceptors (Lipinski definition) is 4. The molecule has 0 aliphatic heterocycles. The summed E-state index contributed by atoms with van der Waals surface area (Å²) in [4.78, 5) is 9.25. The van der Waals surface area contributed by atoms with Crippen LogP contribution in [0.1, 0.15) is 39.5 Å². The number of carboxylic acid groups (broad SMARTS) is 1. The number of carboxylic acids is 1. The smallest absolute Gasteiger partial charge is 0.463 e. The van der Waals surface area contributed by atoms with Gasteiger partial charge in [-0.1, -0.05) is 76.1 Å². The van der Waals surface area contributed by atoms with E-state index >= 15 is 0 Å². The van der Waals surface area contributed by atoms with Gasteiger partial charge in [-0.3, -0.25) is 4.52 Å². The number of benzene rings is 2.